The lowest BCUT2D eigenvalue weighted by atomic mass is 10.0. The van der Waals surface area contributed by atoms with Gasteiger partial charge in [-0.3, -0.25) is 9.59 Å². The molecule has 1 unspecified atom stereocenters. The van der Waals surface area contributed by atoms with Gasteiger partial charge < -0.3 is 5.73 Å². The van der Waals surface area contributed by atoms with E-state index in [-0.39, 0.29) is 11.7 Å². The molecule has 0 aliphatic rings. The first kappa shape index (κ1) is 18.7. The smallest absolute Gasteiger partial charge is 0.142 e. The molecule has 0 aromatic carbocycles. The van der Waals surface area contributed by atoms with E-state index in [1.165, 1.54) is 19.3 Å². The summed E-state index contributed by atoms with van der Waals surface area (Å²) < 4.78 is 0. The number of ketones is 2. The lowest BCUT2D eigenvalue weighted by Crippen LogP contribution is -2.20. The Hall–Kier alpha value is -0.350. The molecule has 0 rings (SSSR count). The van der Waals surface area contributed by atoms with Crippen LogP contribution in [0.3, 0.4) is 0 Å². The third-order valence-corrected chi connectivity index (χ3v) is 4.29. The number of hydrogen-bond acceptors (Lipinski definition) is 4. The Morgan fingerprint density at radius 3 is 2.47 bits per heavy atom. The van der Waals surface area contributed by atoms with Crippen LogP contribution in [-0.4, -0.2) is 29.6 Å². The van der Waals surface area contributed by atoms with Crippen molar-refractivity contribution in [2.75, 3.05) is 18.1 Å². The fraction of sp³-hybridized carbons (Fsp3) is 0.867. The maximum absolute atomic E-state index is 11.6. The van der Waals surface area contributed by atoms with Crippen LogP contribution in [-0.2, 0) is 9.59 Å². The summed E-state index contributed by atoms with van der Waals surface area (Å²) in [4.78, 5) is 23.1. The average molecular weight is 287 g/mol. The lowest BCUT2D eigenvalue weighted by Gasteiger charge is -2.06. The van der Waals surface area contributed by atoms with Crippen LogP contribution in [0.15, 0.2) is 0 Å². The third-order valence-electron chi connectivity index (χ3n) is 3.19. The molecule has 0 saturated heterocycles. The van der Waals surface area contributed by atoms with Crippen molar-refractivity contribution in [2.24, 2.45) is 11.7 Å². The van der Waals surface area contributed by atoms with Crippen LogP contribution in [0.1, 0.15) is 58.8 Å². The number of Topliss-reactive ketones (excluding diaryl/α,β-unsaturated/α-hetero) is 2. The summed E-state index contributed by atoms with van der Waals surface area (Å²) in [5.74, 6) is 2.07. The van der Waals surface area contributed by atoms with Gasteiger partial charge in [0.25, 0.3) is 0 Å². The molecule has 0 bridgehead atoms. The normalized spacial score (nSPS) is 12.4. The van der Waals surface area contributed by atoms with E-state index in [9.17, 15) is 9.59 Å². The Morgan fingerprint density at radius 1 is 1.11 bits per heavy atom. The average Bonchev–Trinajstić information content (AvgIpc) is 2.42. The van der Waals surface area contributed by atoms with Crippen molar-refractivity contribution in [1.82, 2.24) is 0 Å². The zero-order valence-corrected chi connectivity index (χ0v) is 13.3. The highest BCUT2D eigenvalue weighted by Gasteiger charge is 2.10. The minimum absolute atomic E-state index is 0.0230. The van der Waals surface area contributed by atoms with Crippen molar-refractivity contribution in [3.63, 3.8) is 0 Å². The highest BCUT2D eigenvalue weighted by atomic mass is 32.2. The molecular formula is C15H29NO2S. The van der Waals surface area contributed by atoms with E-state index >= 15 is 0 Å². The number of rotatable bonds is 13. The van der Waals surface area contributed by atoms with Gasteiger partial charge in [-0.15, -0.1) is 0 Å². The van der Waals surface area contributed by atoms with Gasteiger partial charge in [-0.2, -0.15) is 11.8 Å². The maximum Gasteiger partial charge on any atom is 0.142 e. The molecule has 0 amide bonds. The fourth-order valence-corrected chi connectivity index (χ4v) is 2.60. The van der Waals surface area contributed by atoms with Crippen LogP contribution in [0.2, 0.25) is 0 Å². The number of unbranched alkanes of at least 4 members (excludes halogenated alkanes) is 3. The van der Waals surface area contributed by atoms with E-state index in [0.29, 0.717) is 24.5 Å². The summed E-state index contributed by atoms with van der Waals surface area (Å²) in [6.07, 6.45) is 6.79. The molecule has 19 heavy (non-hydrogen) atoms. The Morgan fingerprint density at radius 2 is 1.84 bits per heavy atom. The largest absolute Gasteiger partial charge is 0.330 e. The van der Waals surface area contributed by atoms with Crippen LogP contribution in [0, 0.1) is 5.92 Å². The van der Waals surface area contributed by atoms with Crippen LogP contribution >= 0.6 is 11.8 Å². The topological polar surface area (TPSA) is 60.2 Å². The molecule has 0 aromatic rings. The van der Waals surface area contributed by atoms with Gasteiger partial charge >= 0.3 is 0 Å². The van der Waals surface area contributed by atoms with Gasteiger partial charge in [0.1, 0.15) is 11.6 Å². The SMILES string of the molecule is CCCCCCC(=O)CSCCCC(=O)C(C)CN. The summed E-state index contributed by atoms with van der Waals surface area (Å²) in [6, 6.07) is 0. The molecule has 1 atom stereocenters. The lowest BCUT2D eigenvalue weighted by molar-refractivity contribution is -0.122. The molecule has 0 aliphatic carbocycles. The van der Waals surface area contributed by atoms with Crippen molar-refractivity contribution in [1.29, 1.82) is 0 Å². The fourth-order valence-electron chi connectivity index (χ4n) is 1.73. The van der Waals surface area contributed by atoms with Crippen molar-refractivity contribution in [2.45, 2.75) is 58.8 Å². The molecule has 0 aromatic heterocycles. The standard InChI is InChI=1S/C15H29NO2S/c1-3-4-5-6-8-14(17)12-19-10-7-9-15(18)13(2)11-16/h13H,3-12,16H2,1-2H3. The zero-order chi connectivity index (χ0) is 14.5. The molecule has 0 aliphatic heterocycles. The maximum atomic E-state index is 11.6. The Bertz CT molecular complexity index is 257. The molecule has 4 heteroatoms. The van der Waals surface area contributed by atoms with E-state index in [4.69, 9.17) is 5.73 Å². The molecule has 0 saturated carbocycles. The van der Waals surface area contributed by atoms with E-state index in [2.05, 4.69) is 6.92 Å². The molecule has 3 nitrogen and oxygen atoms in total. The molecular weight excluding hydrogens is 258 g/mol. The van der Waals surface area contributed by atoms with E-state index < -0.39 is 0 Å². The predicted octanol–water partition coefficient (Wildman–Crippen LogP) is 3.20. The summed E-state index contributed by atoms with van der Waals surface area (Å²) in [5, 5.41) is 0. The second kappa shape index (κ2) is 12.7. The van der Waals surface area contributed by atoms with Gasteiger partial charge in [-0.05, 0) is 18.6 Å². The van der Waals surface area contributed by atoms with Crippen LogP contribution in [0.4, 0.5) is 0 Å². The summed E-state index contributed by atoms with van der Waals surface area (Å²) in [5.41, 5.74) is 5.44. The summed E-state index contributed by atoms with van der Waals surface area (Å²) >= 11 is 1.65. The number of nitrogens with two attached hydrogens (primary N) is 1. The first-order chi connectivity index (χ1) is 9.11. The highest BCUT2D eigenvalue weighted by Crippen LogP contribution is 2.10. The van der Waals surface area contributed by atoms with Gasteiger partial charge in [-0.1, -0.05) is 33.1 Å². The minimum atomic E-state index is -0.0230. The predicted molar refractivity (Wildman–Crippen MR) is 83.6 cm³/mol. The summed E-state index contributed by atoms with van der Waals surface area (Å²) in [7, 11) is 0. The number of hydrogen-bond donors (Lipinski definition) is 1. The number of thioether (sulfide) groups is 1. The van der Waals surface area contributed by atoms with Gasteiger partial charge in [0, 0.05) is 25.3 Å². The van der Waals surface area contributed by atoms with Crippen molar-refractivity contribution in [3.05, 3.63) is 0 Å². The second-order valence-corrected chi connectivity index (χ2v) is 6.21. The zero-order valence-electron chi connectivity index (χ0n) is 12.5. The monoisotopic (exact) mass is 287 g/mol. The molecule has 0 heterocycles. The van der Waals surface area contributed by atoms with E-state index in [1.54, 1.807) is 11.8 Å². The van der Waals surface area contributed by atoms with Crippen molar-refractivity contribution < 1.29 is 9.59 Å². The third kappa shape index (κ3) is 11.2. The van der Waals surface area contributed by atoms with Gasteiger partial charge in [-0.25, -0.2) is 0 Å². The Labute approximate surface area is 122 Å². The van der Waals surface area contributed by atoms with Crippen LogP contribution in [0.5, 0.6) is 0 Å². The van der Waals surface area contributed by atoms with Crippen molar-refractivity contribution in [3.8, 4) is 0 Å². The van der Waals surface area contributed by atoms with Crippen LogP contribution < -0.4 is 5.73 Å². The Kier molecular flexibility index (Phi) is 12.4. The molecule has 2 N–H and O–H groups in total. The van der Waals surface area contributed by atoms with Gasteiger partial charge in [0.2, 0.25) is 0 Å². The number of carbonyl (C=O) groups is 2. The van der Waals surface area contributed by atoms with Gasteiger partial charge in [0.05, 0.1) is 5.75 Å². The molecule has 0 spiro atoms. The first-order valence-electron chi connectivity index (χ1n) is 7.44. The van der Waals surface area contributed by atoms with E-state index in [0.717, 1.165) is 25.0 Å². The van der Waals surface area contributed by atoms with E-state index in [1.807, 2.05) is 6.92 Å². The minimum Gasteiger partial charge on any atom is -0.330 e. The quantitative estimate of drug-likeness (QED) is 0.528. The second-order valence-electron chi connectivity index (χ2n) is 5.11. The molecule has 112 valence electrons. The van der Waals surface area contributed by atoms with Gasteiger partial charge in [0.15, 0.2) is 0 Å². The Balaban J connectivity index is 3.38. The number of carbonyl (C=O) groups excluding carboxylic acids is 2. The first-order valence-corrected chi connectivity index (χ1v) is 8.59. The molecule has 0 radical (unpaired) electrons. The highest BCUT2D eigenvalue weighted by molar-refractivity contribution is 7.99. The van der Waals surface area contributed by atoms with Crippen molar-refractivity contribution >= 4 is 23.3 Å². The van der Waals surface area contributed by atoms with Crippen LogP contribution in [0.25, 0.3) is 0 Å². The summed E-state index contributed by atoms with van der Waals surface area (Å²) in [6.45, 7) is 4.47. The molecule has 0 fully saturated rings.